The lowest BCUT2D eigenvalue weighted by molar-refractivity contribution is -0.132. The standard InChI is InChI=1S/C25H28ClN3O3/c1-32-20-8-6-19(7-9-20)29-15-12-21(25(29)31)24(30)28-14-11-17-4-2-3-13-27-23-10-5-18(26)16-22(17)23/h4-10,16,21,27H,2-3,11-15H2,1H3,(H,28,30)/b17-4-. The molecule has 168 valence electrons. The molecule has 2 N–H and O–H groups in total. The summed E-state index contributed by atoms with van der Waals surface area (Å²) >= 11 is 6.23. The topological polar surface area (TPSA) is 70.7 Å². The summed E-state index contributed by atoms with van der Waals surface area (Å²) in [6, 6.07) is 13.2. The van der Waals surface area contributed by atoms with Crippen molar-refractivity contribution in [3.63, 3.8) is 0 Å². The SMILES string of the molecule is COc1ccc(N2CCC(C(=O)NCC/C3=C/CCCNc4ccc(Cl)cc43)C2=O)cc1. The van der Waals surface area contributed by atoms with Crippen LogP contribution >= 0.6 is 11.6 Å². The molecule has 0 saturated carbocycles. The zero-order valence-corrected chi connectivity index (χ0v) is 19.0. The second kappa shape index (κ2) is 10.1. The van der Waals surface area contributed by atoms with E-state index in [1.165, 1.54) is 0 Å². The van der Waals surface area contributed by atoms with Gasteiger partial charge in [-0.2, -0.15) is 0 Å². The lowest BCUT2D eigenvalue weighted by Crippen LogP contribution is -2.37. The monoisotopic (exact) mass is 453 g/mol. The maximum Gasteiger partial charge on any atom is 0.239 e. The van der Waals surface area contributed by atoms with Gasteiger partial charge in [0.15, 0.2) is 0 Å². The Morgan fingerprint density at radius 2 is 2.06 bits per heavy atom. The summed E-state index contributed by atoms with van der Waals surface area (Å²) in [4.78, 5) is 27.3. The minimum absolute atomic E-state index is 0.154. The first-order valence-electron chi connectivity index (χ1n) is 11.0. The van der Waals surface area contributed by atoms with Gasteiger partial charge in [-0.15, -0.1) is 0 Å². The van der Waals surface area contributed by atoms with Gasteiger partial charge in [-0.25, -0.2) is 0 Å². The van der Waals surface area contributed by atoms with Gasteiger partial charge in [0.2, 0.25) is 11.8 Å². The van der Waals surface area contributed by atoms with Crippen LogP contribution in [0.2, 0.25) is 5.02 Å². The Morgan fingerprint density at radius 1 is 1.25 bits per heavy atom. The molecule has 4 rings (SSSR count). The Kier molecular flexibility index (Phi) is 7.00. The van der Waals surface area contributed by atoms with Crippen LogP contribution in [0.25, 0.3) is 5.57 Å². The summed E-state index contributed by atoms with van der Waals surface area (Å²) < 4.78 is 5.17. The van der Waals surface area contributed by atoms with Crippen LogP contribution < -0.4 is 20.3 Å². The largest absolute Gasteiger partial charge is 0.497 e. The third kappa shape index (κ3) is 4.91. The van der Waals surface area contributed by atoms with Crippen molar-refractivity contribution in [2.75, 3.05) is 37.0 Å². The second-order valence-corrected chi connectivity index (χ2v) is 8.49. The third-order valence-corrected chi connectivity index (χ3v) is 6.25. The average molecular weight is 454 g/mol. The normalized spacial score (nSPS) is 19.8. The number of hydrogen-bond donors (Lipinski definition) is 2. The molecular formula is C25H28ClN3O3. The van der Waals surface area contributed by atoms with Crippen molar-refractivity contribution in [1.82, 2.24) is 5.32 Å². The van der Waals surface area contributed by atoms with E-state index in [1.54, 1.807) is 12.0 Å². The maximum atomic E-state index is 12.9. The van der Waals surface area contributed by atoms with Crippen molar-refractivity contribution in [2.45, 2.75) is 25.7 Å². The van der Waals surface area contributed by atoms with Gasteiger partial charge in [0.1, 0.15) is 11.7 Å². The van der Waals surface area contributed by atoms with Crippen molar-refractivity contribution in [3.8, 4) is 5.75 Å². The van der Waals surface area contributed by atoms with E-state index in [2.05, 4.69) is 16.7 Å². The molecule has 2 aromatic carbocycles. The number of anilines is 2. The van der Waals surface area contributed by atoms with Gasteiger partial charge in [-0.1, -0.05) is 17.7 Å². The fourth-order valence-corrected chi connectivity index (χ4v) is 4.44. The molecule has 0 spiro atoms. The number of methoxy groups -OCH3 is 1. The molecular weight excluding hydrogens is 426 g/mol. The summed E-state index contributed by atoms with van der Waals surface area (Å²) in [5.74, 6) is -0.274. The predicted molar refractivity (Wildman–Crippen MR) is 128 cm³/mol. The molecule has 6 nitrogen and oxygen atoms in total. The van der Waals surface area contributed by atoms with Crippen LogP contribution in [0.1, 0.15) is 31.2 Å². The summed E-state index contributed by atoms with van der Waals surface area (Å²) in [6.45, 7) is 1.93. The number of hydrogen-bond acceptors (Lipinski definition) is 4. The number of nitrogens with one attached hydrogen (secondary N) is 2. The van der Waals surface area contributed by atoms with Crippen molar-refractivity contribution >= 4 is 40.4 Å². The first kappa shape index (κ1) is 22.2. The van der Waals surface area contributed by atoms with Gasteiger partial charge in [0, 0.05) is 41.6 Å². The molecule has 0 radical (unpaired) electrons. The first-order valence-corrected chi connectivity index (χ1v) is 11.4. The summed E-state index contributed by atoms with van der Waals surface area (Å²) in [6.07, 6.45) is 5.45. The van der Waals surface area contributed by atoms with Crippen LogP contribution in [-0.2, 0) is 9.59 Å². The molecule has 32 heavy (non-hydrogen) atoms. The van der Waals surface area contributed by atoms with Gasteiger partial charge < -0.3 is 20.3 Å². The highest BCUT2D eigenvalue weighted by atomic mass is 35.5. The minimum atomic E-state index is -0.646. The third-order valence-electron chi connectivity index (χ3n) is 6.01. The number of benzene rings is 2. The van der Waals surface area contributed by atoms with Crippen LogP contribution in [0.3, 0.4) is 0 Å². The van der Waals surface area contributed by atoms with E-state index >= 15 is 0 Å². The number of rotatable bonds is 6. The number of ether oxygens (including phenoxy) is 1. The highest BCUT2D eigenvalue weighted by Crippen LogP contribution is 2.31. The van der Waals surface area contributed by atoms with Crippen LogP contribution in [0, 0.1) is 5.92 Å². The van der Waals surface area contributed by atoms with Crippen molar-refractivity contribution < 1.29 is 14.3 Å². The molecule has 1 atom stereocenters. The maximum absolute atomic E-state index is 12.9. The number of carbonyl (C=O) groups excluding carboxylic acids is 2. The summed E-state index contributed by atoms with van der Waals surface area (Å²) in [5.41, 5.74) is 4.08. The molecule has 1 unspecified atom stereocenters. The molecule has 2 aromatic rings. The summed E-state index contributed by atoms with van der Waals surface area (Å²) in [7, 11) is 1.60. The van der Waals surface area contributed by atoms with Gasteiger partial charge >= 0.3 is 0 Å². The molecule has 0 bridgehead atoms. The van der Waals surface area contributed by atoms with Gasteiger partial charge in [-0.05, 0) is 73.7 Å². The van der Waals surface area contributed by atoms with E-state index in [0.717, 1.165) is 47.6 Å². The Hall–Kier alpha value is -2.99. The first-order chi connectivity index (χ1) is 15.6. The average Bonchev–Trinajstić information content (AvgIpc) is 3.18. The molecule has 2 aliphatic heterocycles. The fourth-order valence-electron chi connectivity index (χ4n) is 4.27. The summed E-state index contributed by atoms with van der Waals surface area (Å²) in [5, 5.41) is 7.12. The Balaban J connectivity index is 1.36. The van der Waals surface area contributed by atoms with E-state index in [9.17, 15) is 9.59 Å². The molecule has 7 heteroatoms. The second-order valence-electron chi connectivity index (χ2n) is 8.06. The Labute approximate surface area is 193 Å². The quantitative estimate of drug-likeness (QED) is 0.632. The van der Waals surface area contributed by atoms with Gasteiger partial charge in [0.25, 0.3) is 0 Å². The number of carbonyl (C=O) groups is 2. The number of fused-ring (bicyclic) bond motifs is 1. The smallest absolute Gasteiger partial charge is 0.239 e. The van der Waals surface area contributed by atoms with E-state index in [-0.39, 0.29) is 11.8 Å². The predicted octanol–water partition coefficient (Wildman–Crippen LogP) is 4.50. The molecule has 0 aliphatic carbocycles. The van der Waals surface area contributed by atoms with Crippen LogP contribution in [-0.4, -0.2) is 38.6 Å². The highest BCUT2D eigenvalue weighted by Gasteiger charge is 2.37. The minimum Gasteiger partial charge on any atom is -0.497 e. The Bertz CT molecular complexity index is 1020. The zero-order valence-electron chi connectivity index (χ0n) is 18.2. The van der Waals surface area contributed by atoms with E-state index < -0.39 is 5.92 Å². The lowest BCUT2D eigenvalue weighted by Gasteiger charge is -2.19. The number of allylic oxidation sites excluding steroid dienone is 1. The molecule has 1 fully saturated rings. The van der Waals surface area contributed by atoms with Crippen LogP contribution in [0.15, 0.2) is 48.5 Å². The van der Waals surface area contributed by atoms with E-state index in [4.69, 9.17) is 16.3 Å². The lowest BCUT2D eigenvalue weighted by atomic mass is 9.97. The van der Waals surface area contributed by atoms with E-state index in [1.807, 2.05) is 42.5 Å². The van der Waals surface area contributed by atoms with Gasteiger partial charge in [-0.3, -0.25) is 9.59 Å². The van der Waals surface area contributed by atoms with Crippen LogP contribution in [0.4, 0.5) is 11.4 Å². The molecule has 2 aliphatic rings. The molecule has 1 saturated heterocycles. The van der Waals surface area contributed by atoms with Crippen molar-refractivity contribution in [1.29, 1.82) is 0 Å². The van der Waals surface area contributed by atoms with Crippen molar-refractivity contribution in [2.24, 2.45) is 5.92 Å². The molecule has 2 amide bonds. The zero-order chi connectivity index (χ0) is 22.5. The Morgan fingerprint density at radius 3 is 2.84 bits per heavy atom. The van der Waals surface area contributed by atoms with E-state index in [0.29, 0.717) is 31.0 Å². The molecule has 0 aromatic heterocycles. The number of halogens is 1. The molecule has 2 heterocycles. The number of nitrogens with zero attached hydrogens (tertiary/aromatic N) is 1. The van der Waals surface area contributed by atoms with Crippen molar-refractivity contribution in [3.05, 3.63) is 59.1 Å². The fraction of sp³-hybridized carbons (Fsp3) is 0.360. The highest BCUT2D eigenvalue weighted by molar-refractivity contribution is 6.30. The number of amides is 2. The van der Waals surface area contributed by atoms with Crippen LogP contribution in [0.5, 0.6) is 5.75 Å². The van der Waals surface area contributed by atoms with Gasteiger partial charge in [0.05, 0.1) is 7.11 Å².